The van der Waals surface area contributed by atoms with E-state index in [2.05, 4.69) is 82.1 Å². The molecule has 308 valence electrons. The Kier molecular flexibility index (Phi) is 13.4. The third kappa shape index (κ3) is 10.9. The molecule has 6 rings (SSSR count). The Morgan fingerprint density at radius 1 is 0.776 bits per heavy atom. The first-order chi connectivity index (χ1) is 27.6. The zero-order valence-corrected chi connectivity index (χ0v) is 37.6. The summed E-state index contributed by atoms with van der Waals surface area (Å²) in [6, 6.07) is 20.8. The summed E-state index contributed by atoms with van der Waals surface area (Å²) >= 11 is 0. The zero-order chi connectivity index (χ0) is 41.5. The van der Waals surface area contributed by atoms with Crippen LogP contribution in [0.15, 0.2) is 79.3 Å². The van der Waals surface area contributed by atoms with E-state index < -0.39 is 16.4 Å². The zero-order valence-electron chi connectivity index (χ0n) is 35.6. The van der Waals surface area contributed by atoms with Crippen LogP contribution in [0, 0.1) is 0 Å². The molecule has 0 unspecified atom stereocenters. The third-order valence-corrected chi connectivity index (χ3v) is 16.7. The Morgan fingerprint density at radius 3 is 2.29 bits per heavy atom. The van der Waals surface area contributed by atoms with Crippen molar-refractivity contribution >= 4 is 44.3 Å². The molecule has 0 amide bonds. The molecule has 0 aliphatic carbocycles. The van der Waals surface area contributed by atoms with E-state index in [9.17, 15) is 0 Å². The van der Waals surface area contributed by atoms with Gasteiger partial charge >= 0.3 is 0 Å². The van der Waals surface area contributed by atoms with Crippen molar-refractivity contribution in [1.29, 1.82) is 0 Å². The summed E-state index contributed by atoms with van der Waals surface area (Å²) < 4.78 is 38.7. The summed E-state index contributed by atoms with van der Waals surface area (Å²) in [5.74, 6) is 3.04. The van der Waals surface area contributed by atoms with Crippen LogP contribution in [-0.4, -0.2) is 74.9 Å². The van der Waals surface area contributed by atoms with E-state index in [4.69, 9.17) is 43.1 Å². The Bertz CT molecular complexity index is 2300. The number of nitrogens with one attached hydrogen (secondary N) is 1. The lowest BCUT2D eigenvalue weighted by molar-refractivity contribution is 0.0899. The number of aromatic nitrogens is 5. The molecule has 4 aromatic heterocycles. The standard InChI is InChI=1S/C44H58N6O6Si2/c1-44(2,3)58(9,10)56-20-19-53-36-17-18-46-34(25-36)29-55-42-40-38(27-50(30-52-21-22-57(6,7)8)41(40)48-43(45-4)49-42)32-13-16-39-33(23-32)24-37(26-47-39)54-28-31-11-14-35(51-5)15-12-31/h11-18,23-27H,19-22,28-30H2,1-10H3,(H,45,48,49). The number of pyridine rings is 2. The van der Waals surface area contributed by atoms with Gasteiger partial charge in [-0.2, -0.15) is 9.97 Å². The van der Waals surface area contributed by atoms with Gasteiger partial charge in [-0.1, -0.05) is 58.6 Å². The lowest BCUT2D eigenvalue weighted by Crippen LogP contribution is -2.41. The van der Waals surface area contributed by atoms with E-state index in [1.807, 2.05) is 53.1 Å². The summed E-state index contributed by atoms with van der Waals surface area (Å²) in [4.78, 5) is 19.0. The lowest BCUT2D eigenvalue weighted by atomic mass is 10.0. The minimum absolute atomic E-state index is 0.137. The van der Waals surface area contributed by atoms with Gasteiger partial charge in [0.1, 0.15) is 43.8 Å². The van der Waals surface area contributed by atoms with Crippen LogP contribution in [0.4, 0.5) is 5.95 Å². The average Bonchev–Trinajstić information content (AvgIpc) is 3.57. The quantitative estimate of drug-likeness (QED) is 0.0620. The first-order valence-electron chi connectivity index (χ1n) is 19.8. The fraction of sp³-hybridized carbons (Fsp3) is 0.409. The van der Waals surface area contributed by atoms with Crippen molar-refractivity contribution < 1.29 is 28.1 Å². The number of rotatable bonds is 19. The van der Waals surface area contributed by atoms with Crippen molar-refractivity contribution in [3.05, 3.63) is 90.5 Å². The van der Waals surface area contributed by atoms with Crippen LogP contribution >= 0.6 is 0 Å². The molecule has 4 heterocycles. The lowest BCUT2D eigenvalue weighted by Gasteiger charge is -2.36. The molecule has 0 atom stereocenters. The maximum absolute atomic E-state index is 6.53. The van der Waals surface area contributed by atoms with E-state index in [-0.39, 0.29) is 11.6 Å². The molecular formula is C44H58N6O6Si2. The molecule has 0 saturated heterocycles. The predicted octanol–water partition coefficient (Wildman–Crippen LogP) is 9.96. The Balaban J connectivity index is 1.28. The van der Waals surface area contributed by atoms with Crippen LogP contribution in [0.25, 0.3) is 33.1 Å². The van der Waals surface area contributed by atoms with Crippen LogP contribution in [0.1, 0.15) is 32.0 Å². The summed E-state index contributed by atoms with van der Waals surface area (Å²) in [6.45, 7) is 20.8. The minimum Gasteiger partial charge on any atom is -0.497 e. The molecule has 0 aliphatic rings. The minimum atomic E-state index is -1.86. The fourth-order valence-electron chi connectivity index (χ4n) is 5.91. The van der Waals surface area contributed by atoms with Crippen LogP contribution in [0.5, 0.6) is 23.1 Å². The van der Waals surface area contributed by atoms with Gasteiger partial charge in [0.25, 0.3) is 0 Å². The molecule has 1 N–H and O–H groups in total. The second-order valence-corrected chi connectivity index (χ2v) is 27.5. The van der Waals surface area contributed by atoms with Crippen LogP contribution < -0.4 is 24.3 Å². The monoisotopic (exact) mass is 822 g/mol. The average molecular weight is 823 g/mol. The maximum atomic E-state index is 6.53. The Morgan fingerprint density at radius 2 is 1.57 bits per heavy atom. The molecule has 6 aromatic rings. The van der Waals surface area contributed by atoms with Crippen LogP contribution in [0.2, 0.25) is 43.8 Å². The molecule has 0 aliphatic heterocycles. The topological polar surface area (TPSA) is 124 Å². The molecular weight excluding hydrogens is 765 g/mol. The molecule has 0 radical (unpaired) electrons. The van der Waals surface area contributed by atoms with E-state index in [0.29, 0.717) is 67.8 Å². The van der Waals surface area contributed by atoms with E-state index >= 15 is 0 Å². The number of methoxy groups -OCH3 is 1. The van der Waals surface area contributed by atoms with E-state index in [0.717, 1.165) is 44.8 Å². The largest absolute Gasteiger partial charge is 0.497 e. The van der Waals surface area contributed by atoms with Gasteiger partial charge in [-0.15, -0.1) is 0 Å². The number of anilines is 1. The van der Waals surface area contributed by atoms with Crippen molar-refractivity contribution in [3.8, 4) is 34.3 Å². The van der Waals surface area contributed by atoms with Gasteiger partial charge in [-0.05, 0) is 71.7 Å². The highest BCUT2D eigenvalue weighted by Crippen LogP contribution is 2.39. The smallest absolute Gasteiger partial charge is 0.228 e. The van der Waals surface area contributed by atoms with E-state index in [1.54, 1.807) is 26.6 Å². The first-order valence-corrected chi connectivity index (χ1v) is 26.4. The third-order valence-electron chi connectivity index (χ3n) is 10.4. The summed E-state index contributed by atoms with van der Waals surface area (Å²) in [5, 5.41) is 4.95. The highest BCUT2D eigenvalue weighted by Gasteiger charge is 2.37. The van der Waals surface area contributed by atoms with E-state index in [1.165, 1.54) is 0 Å². The summed E-state index contributed by atoms with van der Waals surface area (Å²) in [6.07, 6.45) is 5.55. The predicted molar refractivity (Wildman–Crippen MR) is 236 cm³/mol. The summed E-state index contributed by atoms with van der Waals surface area (Å²) in [7, 11) is 0.308. The highest BCUT2D eigenvalue weighted by atomic mass is 28.4. The first kappa shape index (κ1) is 42.6. The number of benzene rings is 2. The molecule has 0 saturated carbocycles. The molecule has 0 spiro atoms. The Hall–Kier alpha value is -5.03. The van der Waals surface area contributed by atoms with Gasteiger partial charge in [-0.3, -0.25) is 9.97 Å². The molecule has 0 bridgehead atoms. The maximum Gasteiger partial charge on any atom is 0.228 e. The Labute approximate surface area is 344 Å². The number of hydrogen-bond donors (Lipinski definition) is 1. The van der Waals surface area contributed by atoms with Crippen molar-refractivity contribution in [1.82, 2.24) is 24.5 Å². The highest BCUT2D eigenvalue weighted by molar-refractivity contribution is 6.76. The fourth-order valence-corrected chi connectivity index (χ4v) is 7.70. The van der Waals surface area contributed by atoms with Gasteiger partial charge in [-0.25, -0.2) is 0 Å². The van der Waals surface area contributed by atoms with Gasteiger partial charge in [0.15, 0.2) is 14.0 Å². The van der Waals surface area contributed by atoms with Crippen molar-refractivity contribution in [2.24, 2.45) is 0 Å². The molecule has 14 heteroatoms. The molecule has 0 fully saturated rings. The van der Waals surface area contributed by atoms with Gasteiger partial charge in [0, 0.05) is 51.1 Å². The molecule has 12 nitrogen and oxygen atoms in total. The van der Waals surface area contributed by atoms with Crippen LogP contribution in [-0.2, 0) is 29.1 Å². The number of ether oxygens (including phenoxy) is 5. The second kappa shape index (κ2) is 18.3. The van der Waals surface area contributed by atoms with Crippen LogP contribution in [0.3, 0.4) is 0 Å². The SMILES string of the molecule is CNc1nc(OCc2cc(OCCO[Si](C)(C)C(C)(C)C)ccn2)c2c(-c3ccc4ncc(OCc5ccc(OC)cc5)cc4c3)cn(COCC[Si](C)(C)C)c2n1. The van der Waals surface area contributed by atoms with Gasteiger partial charge < -0.3 is 38.0 Å². The second-order valence-electron chi connectivity index (χ2n) is 17.1. The van der Waals surface area contributed by atoms with Crippen molar-refractivity contribution in [2.45, 2.75) is 84.5 Å². The number of hydrogen-bond acceptors (Lipinski definition) is 11. The number of nitrogens with zero attached hydrogens (tertiary/aromatic N) is 5. The van der Waals surface area contributed by atoms with Gasteiger partial charge in [0.2, 0.25) is 11.8 Å². The molecule has 58 heavy (non-hydrogen) atoms. The van der Waals surface area contributed by atoms with Gasteiger partial charge in [0.05, 0.1) is 36.5 Å². The number of fused-ring (bicyclic) bond motifs is 2. The molecule has 2 aromatic carbocycles. The normalized spacial score (nSPS) is 12.2. The van der Waals surface area contributed by atoms with Crippen molar-refractivity contribution in [2.75, 3.05) is 39.3 Å². The van der Waals surface area contributed by atoms with Crippen molar-refractivity contribution in [3.63, 3.8) is 0 Å². The summed E-state index contributed by atoms with van der Waals surface area (Å²) in [5.41, 5.74) is 5.13.